The number of rotatable bonds is 7. The van der Waals surface area contributed by atoms with E-state index in [1.54, 1.807) is 12.1 Å². The molecule has 3 N–H and O–H groups in total. The van der Waals surface area contributed by atoms with E-state index in [0.717, 1.165) is 18.5 Å². The van der Waals surface area contributed by atoms with Crippen LogP contribution in [0.15, 0.2) is 24.3 Å². The van der Waals surface area contributed by atoms with Gasteiger partial charge < -0.3 is 15.7 Å². The van der Waals surface area contributed by atoms with Gasteiger partial charge in [-0.05, 0) is 12.5 Å². The number of hydrogen-bond acceptors (Lipinski definition) is 3. The second kappa shape index (κ2) is 7.68. The second-order valence-electron chi connectivity index (χ2n) is 3.91. The first-order chi connectivity index (χ1) is 8.24. The molecule has 17 heavy (non-hydrogen) atoms. The Morgan fingerprint density at radius 3 is 2.76 bits per heavy atom. The molecule has 0 aliphatic heterocycles. The molecule has 0 heterocycles. The molecule has 0 radical (unpaired) electrons. The van der Waals surface area contributed by atoms with Crippen LogP contribution in [0.5, 0.6) is 5.75 Å². The number of phenols is 1. The van der Waals surface area contributed by atoms with E-state index in [9.17, 15) is 9.90 Å². The summed E-state index contributed by atoms with van der Waals surface area (Å²) in [6, 6.07) is 7.19. The average Bonchev–Trinajstić information content (AvgIpc) is 2.34. The van der Waals surface area contributed by atoms with Crippen LogP contribution >= 0.6 is 0 Å². The molecule has 0 aromatic heterocycles. The first-order valence-electron chi connectivity index (χ1n) is 5.98. The average molecular weight is 236 g/mol. The summed E-state index contributed by atoms with van der Waals surface area (Å²) < 4.78 is 0. The summed E-state index contributed by atoms with van der Waals surface area (Å²) in [5, 5.41) is 15.5. The lowest BCUT2D eigenvalue weighted by Gasteiger charge is -2.07. The molecule has 0 saturated carbocycles. The highest BCUT2D eigenvalue weighted by molar-refractivity contribution is 5.75. The summed E-state index contributed by atoms with van der Waals surface area (Å²) in [5.74, 6) is 0.354. The molecule has 0 atom stereocenters. The molecule has 0 fully saturated rings. The lowest BCUT2D eigenvalue weighted by Crippen LogP contribution is -2.28. The van der Waals surface area contributed by atoms with Crippen LogP contribution in [-0.2, 0) is 11.3 Å². The van der Waals surface area contributed by atoms with Crippen LogP contribution in [0.25, 0.3) is 0 Å². The smallest absolute Gasteiger partial charge is 0.221 e. The lowest BCUT2D eigenvalue weighted by molar-refractivity contribution is -0.120. The van der Waals surface area contributed by atoms with Crippen molar-refractivity contribution < 1.29 is 9.90 Å². The van der Waals surface area contributed by atoms with Crippen molar-refractivity contribution in [3.8, 4) is 5.75 Å². The maximum atomic E-state index is 11.3. The number of aromatic hydroxyl groups is 1. The van der Waals surface area contributed by atoms with Crippen molar-refractivity contribution in [1.29, 1.82) is 0 Å². The van der Waals surface area contributed by atoms with E-state index in [4.69, 9.17) is 0 Å². The number of carbonyl (C=O) groups is 1. The largest absolute Gasteiger partial charge is 0.508 e. The van der Waals surface area contributed by atoms with Crippen LogP contribution in [0.2, 0.25) is 0 Å². The minimum atomic E-state index is 0.0663. The molecule has 1 aromatic rings. The van der Waals surface area contributed by atoms with Crippen LogP contribution in [-0.4, -0.2) is 24.1 Å². The van der Waals surface area contributed by atoms with Crippen molar-refractivity contribution >= 4 is 5.91 Å². The lowest BCUT2D eigenvalue weighted by atomic mass is 10.2. The summed E-state index contributed by atoms with van der Waals surface area (Å²) in [6.07, 6.45) is 1.42. The number of amides is 1. The van der Waals surface area contributed by atoms with Crippen molar-refractivity contribution in [2.75, 3.05) is 13.1 Å². The van der Waals surface area contributed by atoms with Gasteiger partial charge in [0.15, 0.2) is 0 Å². The van der Waals surface area contributed by atoms with Gasteiger partial charge in [-0.15, -0.1) is 0 Å². The quantitative estimate of drug-likeness (QED) is 0.627. The SMILES string of the molecule is CCCNC(=O)CCNCc1ccccc1O. The molecule has 0 bridgehead atoms. The molecule has 0 aliphatic carbocycles. The Bertz CT molecular complexity index is 353. The van der Waals surface area contributed by atoms with Gasteiger partial charge in [0.2, 0.25) is 5.91 Å². The van der Waals surface area contributed by atoms with Crippen molar-refractivity contribution in [3.63, 3.8) is 0 Å². The Morgan fingerprint density at radius 1 is 1.29 bits per heavy atom. The van der Waals surface area contributed by atoms with E-state index in [1.165, 1.54) is 0 Å². The van der Waals surface area contributed by atoms with Gasteiger partial charge in [0.25, 0.3) is 0 Å². The Hall–Kier alpha value is -1.55. The van der Waals surface area contributed by atoms with E-state index in [2.05, 4.69) is 10.6 Å². The molecular weight excluding hydrogens is 216 g/mol. The van der Waals surface area contributed by atoms with Gasteiger partial charge in [-0.2, -0.15) is 0 Å². The third-order valence-corrected chi connectivity index (χ3v) is 2.41. The highest BCUT2D eigenvalue weighted by Crippen LogP contribution is 2.14. The normalized spacial score (nSPS) is 10.2. The van der Waals surface area contributed by atoms with E-state index < -0.39 is 0 Å². The van der Waals surface area contributed by atoms with Crippen molar-refractivity contribution in [3.05, 3.63) is 29.8 Å². The fraction of sp³-hybridized carbons (Fsp3) is 0.462. The molecule has 0 saturated heterocycles. The summed E-state index contributed by atoms with van der Waals surface area (Å²) in [4.78, 5) is 11.3. The molecule has 0 unspecified atom stereocenters. The van der Waals surface area contributed by atoms with Crippen LogP contribution in [0.4, 0.5) is 0 Å². The molecule has 0 spiro atoms. The predicted molar refractivity (Wildman–Crippen MR) is 67.7 cm³/mol. The third-order valence-electron chi connectivity index (χ3n) is 2.41. The zero-order valence-corrected chi connectivity index (χ0v) is 10.2. The Morgan fingerprint density at radius 2 is 2.06 bits per heavy atom. The maximum Gasteiger partial charge on any atom is 0.221 e. The zero-order chi connectivity index (χ0) is 12.5. The molecule has 94 valence electrons. The standard InChI is InChI=1S/C13H20N2O2/c1-2-8-15-13(17)7-9-14-10-11-5-3-4-6-12(11)16/h3-6,14,16H,2,7-10H2,1H3,(H,15,17). The van der Waals surface area contributed by atoms with Gasteiger partial charge in [0.1, 0.15) is 5.75 Å². The van der Waals surface area contributed by atoms with Crippen molar-refractivity contribution in [2.45, 2.75) is 26.3 Å². The molecule has 4 heteroatoms. The number of benzene rings is 1. The van der Waals surface area contributed by atoms with Gasteiger partial charge in [-0.1, -0.05) is 25.1 Å². The molecule has 1 aromatic carbocycles. The van der Waals surface area contributed by atoms with Crippen LogP contribution < -0.4 is 10.6 Å². The number of phenolic OH excluding ortho intramolecular Hbond substituents is 1. The Kier molecular flexibility index (Phi) is 6.10. The van der Waals surface area contributed by atoms with Gasteiger partial charge in [0.05, 0.1) is 0 Å². The minimum absolute atomic E-state index is 0.0663. The molecule has 1 rings (SSSR count). The van der Waals surface area contributed by atoms with Crippen LogP contribution in [0.1, 0.15) is 25.3 Å². The van der Waals surface area contributed by atoms with E-state index >= 15 is 0 Å². The number of para-hydroxylation sites is 1. The maximum absolute atomic E-state index is 11.3. The van der Waals surface area contributed by atoms with E-state index in [0.29, 0.717) is 19.5 Å². The van der Waals surface area contributed by atoms with Gasteiger partial charge in [0, 0.05) is 31.6 Å². The van der Waals surface area contributed by atoms with Gasteiger partial charge >= 0.3 is 0 Å². The molecule has 4 nitrogen and oxygen atoms in total. The summed E-state index contributed by atoms with van der Waals surface area (Å²) in [6.45, 7) is 3.95. The fourth-order valence-electron chi connectivity index (χ4n) is 1.44. The third kappa shape index (κ3) is 5.36. The monoisotopic (exact) mass is 236 g/mol. The summed E-state index contributed by atoms with van der Waals surface area (Å²) in [5.41, 5.74) is 0.849. The van der Waals surface area contributed by atoms with E-state index in [-0.39, 0.29) is 11.7 Å². The highest BCUT2D eigenvalue weighted by Gasteiger charge is 2.01. The van der Waals surface area contributed by atoms with Gasteiger partial charge in [-0.3, -0.25) is 4.79 Å². The summed E-state index contributed by atoms with van der Waals surface area (Å²) >= 11 is 0. The first kappa shape index (κ1) is 13.5. The highest BCUT2D eigenvalue weighted by atomic mass is 16.3. The first-order valence-corrected chi connectivity index (χ1v) is 5.98. The second-order valence-corrected chi connectivity index (χ2v) is 3.91. The topological polar surface area (TPSA) is 61.4 Å². The van der Waals surface area contributed by atoms with Crippen molar-refractivity contribution in [2.24, 2.45) is 0 Å². The number of nitrogens with one attached hydrogen (secondary N) is 2. The molecule has 1 amide bonds. The Balaban J connectivity index is 2.16. The van der Waals surface area contributed by atoms with Crippen LogP contribution in [0.3, 0.4) is 0 Å². The van der Waals surface area contributed by atoms with E-state index in [1.807, 2.05) is 19.1 Å². The van der Waals surface area contributed by atoms with Crippen molar-refractivity contribution in [1.82, 2.24) is 10.6 Å². The molecular formula is C13H20N2O2. The van der Waals surface area contributed by atoms with Gasteiger partial charge in [-0.25, -0.2) is 0 Å². The summed E-state index contributed by atoms with van der Waals surface area (Å²) in [7, 11) is 0. The predicted octanol–water partition coefficient (Wildman–Crippen LogP) is 1.40. The Labute approximate surface area is 102 Å². The zero-order valence-electron chi connectivity index (χ0n) is 10.2. The fourth-order valence-corrected chi connectivity index (χ4v) is 1.44. The minimum Gasteiger partial charge on any atom is -0.508 e. The van der Waals surface area contributed by atoms with Crippen LogP contribution in [0, 0.1) is 0 Å². The number of hydrogen-bond donors (Lipinski definition) is 3. The number of carbonyl (C=O) groups excluding carboxylic acids is 1. The molecule has 0 aliphatic rings.